The maximum absolute atomic E-state index is 12.1. The SMILES string of the molecule is CCCCCS(=O)(=O)NCC(=O)NC[C@H]1[C@@H](C/C=C\C/C=C/C(=O)O)[C@H]2CC[C@@H]1O2.O=C(O)CC=CC[P+](c1ccccc1)(c1ccccc1)c1ccccc1. The predicted octanol–water partition coefficient (Wildman–Crippen LogP) is 5.99. The molecule has 2 fully saturated rings. The lowest BCUT2D eigenvalue weighted by Crippen LogP contribution is -2.42. The Balaban J connectivity index is 0.000000251. The van der Waals surface area contributed by atoms with E-state index in [0.29, 0.717) is 25.3 Å². The van der Waals surface area contributed by atoms with Crippen LogP contribution < -0.4 is 26.0 Å². The number of carboxylic acids is 2. The third-order valence-electron chi connectivity index (χ3n) is 10.1. The quantitative estimate of drug-likeness (QED) is 0.0443. The number of allylic oxidation sites excluding steroid dienone is 4. The van der Waals surface area contributed by atoms with Gasteiger partial charge in [-0.2, -0.15) is 0 Å². The van der Waals surface area contributed by atoms with Gasteiger partial charge >= 0.3 is 11.9 Å². The Bertz CT molecular complexity index is 1770. The summed E-state index contributed by atoms with van der Waals surface area (Å²) in [6, 6.07) is 31.7. The summed E-state index contributed by atoms with van der Waals surface area (Å²) in [4.78, 5) is 33.5. The zero-order valence-corrected chi connectivity index (χ0v) is 33.8. The van der Waals surface area contributed by atoms with Gasteiger partial charge in [0, 0.05) is 18.5 Å². The Morgan fingerprint density at radius 2 is 1.34 bits per heavy atom. The van der Waals surface area contributed by atoms with Crippen LogP contribution >= 0.6 is 7.26 Å². The number of carboxylic acid groups (broad SMARTS) is 2. The number of carbonyl (C=O) groups excluding carboxylic acids is 1. The highest BCUT2D eigenvalue weighted by Gasteiger charge is 2.48. The molecular weight excluding hydrogens is 748 g/mol. The molecule has 0 spiro atoms. The predicted molar refractivity (Wildman–Crippen MR) is 226 cm³/mol. The number of amides is 1. The molecule has 2 aliphatic heterocycles. The molecule has 5 rings (SSSR count). The van der Waals surface area contributed by atoms with Gasteiger partial charge in [-0.1, -0.05) is 98.7 Å². The lowest BCUT2D eigenvalue weighted by molar-refractivity contribution is -0.136. The fraction of sp³-hybridized carbons (Fsp3) is 0.386. The van der Waals surface area contributed by atoms with Crippen LogP contribution in [0.15, 0.2) is 127 Å². The van der Waals surface area contributed by atoms with Crippen LogP contribution in [0, 0.1) is 11.8 Å². The standard InChI is InChI=1S/C23H21O2P.C21H34N2O6S/c24-23(25)18-10-11-19-26(20-12-4-1-5-13-20,21-14-6-2-7-15-21)22-16-8-3-9-17-22;1-2-3-8-13-30(27,28)23-15-20(24)22-14-17-16(18-11-12-19(17)29-18)9-6-4-5-7-10-21(25)26/h1-17H,18-19H2;4,6-7,10,16-19,23H,2-3,5,8-9,11-15H2,1H3,(H,22,24)(H,25,26)/p+1/b;6-4-,10-7+/t;16-,17+,18-,19+/m.1/s1. The van der Waals surface area contributed by atoms with Gasteiger partial charge in [0.25, 0.3) is 0 Å². The summed E-state index contributed by atoms with van der Waals surface area (Å²) in [7, 11) is -5.31. The van der Waals surface area contributed by atoms with Gasteiger partial charge in [-0.25, -0.2) is 17.9 Å². The van der Waals surface area contributed by atoms with Gasteiger partial charge in [0.05, 0.1) is 37.1 Å². The molecule has 0 saturated carbocycles. The van der Waals surface area contributed by atoms with Crippen molar-refractivity contribution in [1.82, 2.24) is 10.0 Å². The molecule has 1 amide bonds. The van der Waals surface area contributed by atoms with Crippen LogP contribution in [-0.4, -0.2) is 73.7 Å². The minimum Gasteiger partial charge on any atom is -0.481 e. The first-order chi connectivity index (χ1) is 27.1. The summed E-state index contributed by atoms with van der Waals surface area (Å²) in [6.45, 7) is 2.23. The Morgan fingerprint density at radius 3 is 1.88 bits per heavy atom. The summed E-state index contributed by atoms with van der Waals surface area (Å²) in [5, 5.41) is 24.3. The second-order valence-corrected chi connectivity index (χ2v) is 19.5. The molecule has 2 bridgehead atoms. The van der Waals surface area contributed by atoms with Crippen molar-refractivity contribution in [3.63, 3.8) is 0 Å². The maximum Gasteiger partial charge on any atom is 0.327 e. The fourth-order valence-electron chi connectivity index (χ4n) is 7.39. The van der Waals surface area contributed by atoms with Crippen molar-refractivity contribution in [2.75, 3.05) is 25.0 Å². The summed E-state index contributed by atoms with van der Waals surface area (Å²) >= 11 is 0. The van der Waals surface area contributed by atoms with Gasteiger partial charge in [0.1, 0.15) is 23.2 Å². The number of aliphatic carboxylic acids is 2. The summed E-state index contributed by atoms with van der Waals surface area (Å²) in [5.74, 6) is -1.54. The molecule has 300 valence electrons. The minimum atomic E-state index is -3.42. The number of ether oxygens (including phenoxy) is 1. The van der Waals surface area contributed by atoms with Gasteiger partial charge in [0.15, 0.2) is 0 Å². The van der Waals surface area contributed by atoms with Crippen LogP contribution in [0.1, 0.15) is 58.3 Å². The van der Waals surface area contributed by atoms with E-state index in [2.05, 4.69) is 82.8 Å². The van der Waals surface area contributed by atoms with Crippen molar-refractivity contribution in [1.29, 1.82) is 0 Å². The van der Waals surface area contributed by atoms with Crippen LogP contribution in [0.4, 0.5) is 0 Å². The van der Waals surface area contributed by atoms with Crippen molar-refractivity contribution in [2.45, 2.75) is 70.5 Å². The van der Waals surface area contributed by atoms with Crippen LogP contribution in [-0.2, 0) is 29.1 Å². The molecule has 0 aliphatic carbocycles. The highest BCUT2D eigenvalue weighted by Crippen LogP contribution is 2.55. The van der Waals surface area contributed by atoms with Crippen molar-refractivity contribution >= 4 is 51.0 Å². The third kappa shape index (κ3) is 13.7. The average Bonchev–Trinajstić information content (AvgIpc) is 3.81. The summed E-state index contributed by atoms with van der Waals surface area (Å²) < 4.78 is 32.2. The molecule has 2 heterocycles. The van der Waals surface area contributed by atoms with E-state index in [1.807, 2.05) is 43.4 Å². The van der Waals surface area contributed by atoms with Gasteiger partial charge in [0.2, 0.25) is 15.9 Å². The van der Waals surface area contributed by atoms with Gasteiger partial charge in [-0.15, -0.1) is 0 Å². The number of nitrogens with one attached hydrogen (secondary N) is 2. The van der Waals surface area contributed by atoms with E-state index in [4.69, 9.17) is 14.9 Å². The topological polar surface area (TPSA) is 159 Å². The molecule has 4 atom stereocenters. The second kappa shape index (κ2) is 23.0. The third-order valence-corrected chi connectivity index (χ3v) is 15.8. The number of hydrogen-bond acceptors (Lipinski definition) is 6. The molecule has 56 heavy (non-hydrogen) atoms. The smallest absolute Gasteiger partial charge is 0.327 e. The molecule has 4 N–H and O–H groups in total. The largest absolute Gasteiger partial charge is 0.481 e. The van der Waals surface area contributed by atoms with E-state index >= 15 is 0 Å². The second-order valence-electron chi connectivity index (χ2n) is 14.0. The van der Waals surface area contributed by atoms with Crippen LogP contribution in [0.3, 0.4) is 0 Å². The fourth-order valence-corrected chi connectivity index (χ4v) is 12.5. The minimum absolute atomic E-state index is 0.0460. The molecule has 2 aliphatic rings. The Morgan fingerprint density at radius 1 is 0.768 bits per heavy atom. The molecule has 2 saturated heterocycles. The van der Waals surface area contributed by atoms with Crippen LogP contribution in [0.25, 0.3) is 0 Å². The summed E-state index contributed by atoms with van der Waals surface area (Å²) in [6.07, 6.45) is 17.4. The first-order valence-corrected chi connectivity index (χ1v) is 23.0. The number of rotatable bonds is 21. The highest BCUT2D eigenvalue weighted by molar-refractivity contribution is 7.95. The normalized spacial score (nSPS) is 19.3. The highest BCUT2D eigenvalue weighted by atomic mass is 32.2. The molecule has 10 nitrogen and oxygen atoms in total. The number of benzene rings is 3. The maximum atomic E-state index is 12.1. The van der Waals surface area contributed by atoms with E-state index < -0.39 is 29.2 Å². The first-order valence-electron chi connectivity index (χ1n) is 19.4. The van der Waals surface area contributed by atoms with Gasteiger partial charge in [-0.3, -0.25) is 9.59 Å². The van der Waals surface area contributed by atoms with E-state index in [1.165, 1.54) is 15.9 Å². The molecule has 12 heteroatoms. The summed E-state index contributed by atoms with van der Waals surface area (Å²) in [5.41, 5.74) is 0. The number of fused-ring (bicyclic) bond motifs is 2. The molecule has 3 aromatic carbocycles. The van der Waals surface area contributed by atoms with E-state index in [1.54, 1.807) is 12.2 Å². The zero-order chi connectivity index (χ0) is 40.2. The lowest BCUT2D eigenvalue weighted by atomic mass is 9.77. The first kappa shape index (κ1) is 44.3. The van der Waals surface area contributed by atoms with E-state index in [-0.39, 0.29) is 42.8 Å². The number of sulfonamides is 1. The Labute approximate surface area is 332 Å². The monoisotopic (exact) mass is 803 g/mol. The molecule has 3 aromatic rings. The van der Waals surface area contributed by atoms with Crippen molar-refractivity contribution in [3.05, 3.63) is 127 Å². The Kier molecular flexibility index (Phi) is 18.2. The van der Waals surface area contributed by atoms with Crippen molar-refractivity contribution in [3.8, 4) is 0 Å². The van der Waals surface area contributed by atoms with E-state index in [9.17, 15) is 22.8 Å². The molecule has 0 aromatic heterocycles. The molecule has 0 unspecified atom stereocenters. The van der Waals surface area contributed by atoms with E-state index in [0.717, 1.165) is 44.3 Å². The van der Waals surface area contributed by atoms with Crippen LogP contribution in [0.2, 0.25) is 0 Å². The molecular formula is C44H56N2O8PS+. The Hall–Kier alpha value is -4.41. The number of unbranched alkanes of at least 4 members (excludes halogenated alkanes) is 2. The van der Waals surface area contributed by atoms with Crippen molar-refractivity contribution < 1.29 is 37.8 Å². The van der Waals surface area contributed by atoms with Gasteiger partial charge in [-0.05, 0) is 80.5 Å². The average molecular weight is 804 g/mol. The molecule has 0 radical (unpaired) electrons. The lowest BCUT2D eigenvalue weighted by Gasteiger charge is -2.27. The van der Waals surface area contributed by atoms with Crippen molar-refractivity contribution in [2.24, 2.45) is 11.8 Å². The van der Waals surface area contributed by atoms with Gasteiger partial charge < -0.3 is 20.3 Å². The van der Waals surface area contributed by atoms with Crippen LogP contribution in [0.5, 0.6) is 0 Å². The zero-order valence-electron chi connectivity index (χ0n) is 32.1. The number of hydrogen-bond donors (Lipinski definition) is 4. The number of carbonyl (C=O) groups is 3.